The second-order valence-electron chi connectivity index (χ2n) is 12.6. The highest BCUT2D eigenvalue weighted by molar-refractivity contribution is 5.91. The number of carbonyl (C=O) groups is 4. The van der Waals surface area contributed by atoms with Crippen LogP contribution in [0.5, 0.6) is 0 Å². The molecule has 3 aliphatic rings. The Labute approximate surface area is 243 Å². The highest BCUT2D eigenvalue weighted by Gasteiger charge is 2.49. The van der Waals surface area contributed by atoms with Crippen molar-refractivity contribution in [2.24, 2.45) is 5.92 Å². The van der Waals surface area contributed by atoms with Crippen molar-refractivity contribution in [1.82, 2.24) is 20.0 Å². The van der Waals surface area contributed by atoms with E-state index in [1.54, 1.807) is 32.6 Å². The fourth-order valence-corrected chi connectivity index (χ4v) is 6.26. The number of amides is 4. The average molecular weight is 571 g/mol. The second kappa shape index (κ2) is 13.1. The third kappa shape index (κ3) is 7.51. The summed E-state index contributed by atoms with van der Waals surface area (Å²) < 4.78 is 11.0. The molecule has 10 heteroatoms. The summed E-state index contributed by atoms with van der Waals surface area (Å²) in [4.78, 5) is 57.9. The van der Waals surface area contributed by atoms with E-state index in [1.165, 1.54) is 11.9 Å². The summed E-state index contributed by atoms with van der Waals surface area (Å²) in [6.07, 6.45) is 5.31. The summed E-state index contributed by atoms with van der Waals surface area (Å²) in [6.45, 7) is 8.24. The Hall–Kier alpha value is -3.30. The summed E-state index contributed by atoms with van der Waals surface area (Å²) in [6, 6.07) is 7.90. The lowest BCUT2D eigenvalue weighted by atomic mass is 9.83. The van der Waals surface area contributed by atoms with Gasteiger partial charge in [-0.05, 0) is 64.9 Å². The van der Waals surface area contributed by atoms with E-state index in [9.17, 15) is 19.2 Å². The van der Waals surface area contributed by atoms with E-state index < -0.39 is 23.8 Å². The SMILES string of the molecule is CC(C(=O)NC(C(=O)N1CCC2C1CCN2C(=O)OCc1ccccc1)C1CCCCC1)N(C)C(=O)OC(C)(C)C. The van der Waals surface area contributed by atoms with E-state index >= 15 is 0 Å². The van der Waals surface area contributed by atoms with Gasteiger partial charge in [-0.3, -0.25) is 14.5 Å². The van der Waals surface area contributed by atoms with Crippen molar-refractivity contribution in [2.75, 3.05) is 20.1 Å². The quantitative estimate of drug-likeness (QED) is 0.523. The lowest BCUT2D eigenvalue weighted by Crippen LogP contribution is -2.57. The highest BCUT2D eigenvalue weighted by atomic mass is 16.6. The second-order valence-corrected chi connectivity index (χ2v) is 12.6. The van der Waals surface area contributed by atoms with E-state index in [-0.39, 0.29) is 42.5 Å². The number of hydrogen-bond acceptors (Lipinski definition) is 6. The highest BCUT2D eigenvalue weighted by Crippen LogP contribution is 2.35. The van der Waals surface area contributed by atoms with E-state index in [2.05, 4.69) is 5.32 Å². The minimum absolute atomic E-state index is 0.0339. The first-order valence-corrected chi connectivity index (χ1v) is 15.0. The molecule has 4 atom stereocenters. The molecule has 0 spiro atoms. The number of fused-ring (bicyclic) bond motifs is 1. The number of nitrogens with zero attached hydrogens (tertiary/aromatic N) is 3. The van der Waals surface area contributed by atoms with Gasteiger partial charge >= 0.3 is 12.2 Å². The van der Waals surface area contributed by atoms with Gasteiger partial charge in [-0.2, -0.15) is 0 Å². The lowest BCUT2D eigenvalue weighted by Gasteiger charge is -2.36. The van der Waals surface area contributed by atoms with Gasteiger partial charge in [-0.15, -0.1) is 0 Å². The average Bonchev–Trinajstić information content (AvgIpc) is 3.56. The molecular formula is C31H46N4O6. The molecule has 1 N–H and O–H groups in total. The smallest absolute Gasteiger partial charge is 0.410 e. The van der Waals surface area contributed by atoms with Crippen molar-refractivity contribution in [1.29, 1.82) is 0 Å². The monoisotopic (exact) mass is 570 g/mol. The minimum atomic E-state index is -0.809. The van der Waals surface area contributed by atoms with Gasteiger partial charge in [0.05, 0.1) is 12.1 Å². The molecule has 0 bridgehead atoms. The van der Waals surface area contributed by atoms with Crippen LogP contribution in [0.2, 0.25) is 0 Å². The largest absolute Gasteiger partial charge is 0.445 e. The van der Waals surface area contributed by atoms with Crippen LogP contribution in [-0.4, -0.2) is 88.6 Å². The van der Waals surface area contributed by atoms with Crippen LogP contribution in [0.3, 0.4) is 0 Å². The maximum absolute atomic E-state index is 14.1. The maximum Gasteiger partial charge on any atom is 0.410 e. The molecule has 1 aromatic rings. The Balaban J connectivity index is 1.41. The molecule has 41 heavy (non-hydrogen) atoms. The van der Waals surface area contributed by atoms with Gasteiger partial charge in [-0.25, -0.2) is 9.59 Å². The molecule has 4 rings (SSSR count). The molecule has 1 aromatic carbocycles. The van der Waals surface area contributed by atoms with Gasteiger partial charge in [0.2, 0.25) is 11.8 Å². The standard InChI is InChI=1S/C31H46N4O6/c1-21(33(5)29(38)41-31(2,3)4)27(36)32-26(23-14-10-7-11-15-23)28(37)34-18-16-25-24(34)17-19-35(25)30(39)40-20-22-12-8-6-9-13-22/h6,8-9,12-13,21,23-26H,7,10-11,14-20H2,1-5H3,(H,32,36). The number of ether oxygens (including phenoxy) is 2. The van der Waals surface area contributed by atoms with Crippen molar-refractivity contribution in [2.45, 2.75) is 109 Å². The van der Waals surface area contributed by atoms with Crippen molar-refractivity contribution in [3.63, 3.8) is 0 Å². The van der Waals surface area contributed by atoms with Gasteiger partial charge in [0.15, 0.2) is 0 Å². The summed E-state index contributed by atoms with van der Waals surface area (Å²) in [7, 11) is 1.53. The first-order valence-electron chi connectivity index (χ1n) is 15.0. The van der Waals surface area contributed by atoms with Crippen LogP contribution in [0.1, 0.15) is 78.2 Å². The van der Waals surface area contributed by atoms with Crippen molar-refractivity contribution < 1.29 is 28.7 Å². The topological polar surface area (TPSA) is 108 Å². The van der Waals surface area contributed by atoms with E-state index in [0.29, 0.717) is 25.9 Å². The molecule has 4 unspecified atom stereocenters. The molecule has 0 radical (unpaired) electrons. The molecule has 2 saturated heterocycles. The number of nitrogens with one attached hydrogen (secondary N) is 1. The fraction of sp³-hybridized carbons (Fsp3) is 0.677. The van der Waals surface area contributed by atoms with Crippen LogP contribution in [0.15, 0.2) is 30.3 Å². The first kappa shape index (κ1) is 30.7. The van der Waals surface area contributed by atoms with Crippen molar-refractivity contribution in [3.05, 3.63) is 35.9 Å². The number of rotatable bonds is 7. The van der Waals surface area contributed by atoms with Crippen LogP contribution in [0, 0.1) is 5.92 Å². The number of hydrogen-bond donors (Lipinski definition) is 1. The van der Waals surface area contributed by atoms with Gasteiger partial charge < -0.3 is 24.6 Å². The molecule has 4 amide bonds. The zero-order valence-corrected chi connectivity index (χ0v) is 25.1. The van der Waals surface area contributed by atoms with Crippen LogP contribution in [-0.2, 0) is 25.7 Å². The Morgan fingerprint density at radius 1 is 0.951 bits per heavy atom. The normalized spacial score (nSPS) is 22.5. The maximum atomic E-state index is 14.1. The van der Waals surface area contributed by atoms with E-state index in [1.807, 2.05) is 35.2 Å². The summed E-state index contributed by atoms with van der Waals surface area (Å²) >= 11 is 0. The van der Waals surface area contributed by atoms with Gasteiger partial charge in [0, 0.05) is 20.1 Å². The van der Waals surface area contributed by atoms with Gasteiger partial charge in [-0.1, -0.05) is 49.6 Å². The molecular weight excluding hydrogens is 524 g/mol. The third-order valence-electron chi connectivity index (χ3n) is 8.63. The molecule has 226 valence electrons. The van der Waals surface area contributed by atoms with Crippen molar-refractivity contribution in [3.8, 4) is 0 Å². The summed E-state index contributed by atoms with van der Waals surface area (Å²) in [5, 5.41) is 3.03. The molecule has 1 aliphatic carbocycles. The number of likely N-dealkylation sites (tertiary alicyclic amines) is 2. The zero-order valence-electron chi connectivity index (χ0n) is 25.1. The predicted molar refractivity (Wildman–Crippen MR) is 154 cm³/mol. The molecule has 10 nitrogen and oxygen atoms in total. The van der Waals surface area contributed by atoms with Crippen LogP contribution >= 0.6 is 0 Å². The van der Waals surface area contributed by atoms with Crippen molar-refractivity contribution >= 4 is 24.0 Å². The molecule has 2 heterocycles. The molecule has 1 saturated carbocycles. The molecule has 3 fully saturated rings. The lowest BCUT2D eigenvalue weighted by molar-refractivity contribution is -0.140. The third-order valence-corrected chi connectivity index (χ3v) is 8.63. The summed E-state index contributed by atoms with van der Waals surface area (Å²) in [5.74, 6) is -0.438. The van der Waals surface area contributed by atoms with Crippen LogP contribution in [0.25, 0.3) is 0 Å². The summed E-state index contributed by atoms with van der Waals surface area (Å²) in [5.41, 5.74) is 0.245. The molecule has 0 aromatic heterocycles. The predicted octanol–water partition coefficient (Wildman–Crippen LogP) is 4.32. The first-order chi connectivity index (χ1) is 19.5. The Morgan fingerprint density at radius 2 is 1.56 bits per heavy atom. The Morgan fingerprint density at radius 3 is 2.20 bits per heavy atom. The fourth-order valence-electron chi connectivity index (χ4n) is 6.26. The van der Waals surface area contributed by atoms with E-state index in [4.69, 9.17) is 9.47 Å². The Bertz CT molecular complexity index is 1080. The number of likely N-dealkylation sites (N-methyl/N-ethyl adjacent to an activating group) is 1. The van der Waals surface area contributed by atoms with Crippen LogP contribution < -0.4 is 5.32 Å². The van der Waals surface area contributed by atoms with Crippen LogP contribution in [0.4, 0.5) is 9.59 Å². The zero-order chi connectivity index (χ0) is 29.7. The van der Waals surface area contributed by atoms with Gasteiger partial charge in [0.25, 0.3) is 0 Å². The Kier molecular flexibility index (Phi) is 9.81. The minimum Gasteiger partial charge on any atom is -0.445 e. The number of carbonyl (C=O) groups excluding carboxylic acids is 4. The van der Waals surface area contributed by atoms with E-state index in [0.717, 1.165) is 37.7 Å². The number of benzene rings is 1. The molecule has 2 aliphatic heterocycles. The van der Waals surface area contributed by atoms with Gasteiger partial charge in [0.1, 0.15) is 24.3 Å².